The lowest BCUT2D eigenvalue weighted by atomic mass is 10.3. The van der Waals surface area contributed by atoms with E-state index in [4.69, 9.17) is 14.4 Å². The van der Waals surface area contributed by atoms with Crippen LogP contribution in [-0.4, -0.2) is 36.4 Å². The third kappa shape index (κ3) is 3.45. The van der Waals surface area contributed by atoms with Gasteiger partial charge < -0.3 is 14.6 Å². The molecule has 10 nitrogen and oxygen atoms in total. The van der Waals surface area contributed by atoms with Gasteiger partial charge in [0.05, 0.1) is 0 Å². The van der Waals surface area contributed by atoms with E-state index in [0.717, 1.165) is 0 Å². The molecule has 0 bridgehead atoms. The van der Waals surface area contributed by atoms with Gasteiger partial charge in [0.2, 0.25) is 10.0 Å². The lowest BCUT2D eigenvalue weighted by molar-refractivity contribution is 0.101. The van der Waals surface area contributed by atoms with Crippen LogP contribution in [-0.2, 0) is 28.4 Å². The van der Waals surface area contributed by atoms with Crippen LogP contribution in [0, 0.1) is 0 Å². The number of nitrogens with one attached hydrogen (secondary N) is 1. The molecule has 0 saturated carbocycles. The summed E-state index contributed by atoms with van der Waals surface area (Å²) in [6.45, 7) is 0.159. The fraction of sp³-hybridized carbons (Fsp3) is 0.300. The van der Waals surface area contributed by atoms with E-state index in [1.807, 2.05) is 0 Å². The monoisotopic (exact) mass is 315 g/mol. The van der Waals surface area contributed by atoms with Crippen molar-refractivity contribution < 1.29 is 22.5 Å². The first kappa shape index (κ1) is 15.2. The van der Waals surface area contributed by atoms with Crippen molar-refractivity contribution in [2.45, 2.75) is 11.5 Å². The zero-order valence-corrected chi connectivity index (χ0v) is 12.0. The second-order valence-electron chi connectivity index (χ2n) is 4.13. The molecule has 114 valence electrons. The number of aromatic nitrogens is 3. The van der Waals surface area contributed by atoms with Crippen LogP contribution in [0.4, 0.5) is 5.82 Å². The molecule has 0 aliphatic heterocycles. The van der Waals surface area contributed by atoms with Crippen molar-refractivity contribution in [2.24, 2.45) is 12.2 Å². The first-order valence-corrected chi connectivity index (χ1v) is 7.18. The number of aryl methyl sites for hydroxylation is 1. The van der Waals surface area contributed by atoms with E-state index >= 15 is 0 Å². The quantitative estimate of drug-likeness (QED) is 0.753. The van der Waals surface area contributed by atoms with E-state index in [9.17, 15) is 13.2 Å². The van der Waals surface area contributed by atoms with E-state index < -0.39 is 15.9 Å². The third-order valence-corrected chi connectivity index (χ3v) is 3.32. The summed E-state index contributed by atoms with van der Waals surface area (Å²) in [7, 11) is -1.04. The number of carbonyl (C=O) groups is 1. The molecule has 0 saturated heterocycles. The molecule has 0 fully saturated rings. The number of primary sulfonamides is 1. The van der Waals surface area contributed by atoms with Crippen molar-refractivity contribution in [3.63, 3.8) is 0 Å². The van der Waals surface area contributed by atoms with Gasteiger partial charge in [0.25, 0.3) is 5.91 Å². The van der Waals surface area contributed by atoms with Gasteiger partial charge in [-0.2, -0.15) is 5.10 Å². The number of carbonyl (C=O) groups excluding carboxylic acids is 1. The highest BCUT2D eigenvalue weighted by molar-refractivity contribution is 7.89. The molecular formula is C10H13N5O5S. The Balaban J connectivity index is 2.23. The average Bonchev–Trinajstić information content (AvgIpc) is 2.96. The number of nitrogens with zero attached hydrogens (tertiary/aromatic N) is 3. The number of rotatable bonds is 5. The molecule has 0 spiro atoms. The summed E-state index contributed by atoms with van der Waals surface area (Å²) in [5.41, 5.74) is -0.0342. The van der Waals surface area contributed by atoms with Crippen molar-refractivity contribution in [2.75, 3.05) is 12.4 Å². The molecule has 2 heterocycles. The maximum absolute atomic E-state index is 12.0. The summed E-state index contributed by atoms with van der Waals surface area (Å²) in [5.74, 6) is -0.499. The molecule has 11 heteroatoms. The Bertz CT molecular complexity index is 763. The van der Waals surface area contributed by atoms with E-state index in [-0.39, 0.29) is 23.0 Å². The summed E-state index contributed by atoms with van der Waals surface area (Å²) in [6, 6.07) is 1.37. The van der Waals surface area contributed by atoms with Crippen LogP contribution in [0.25, 0.3) is 0 Å². The fourth-order valence-corrected chi connectivity index (χ4v) is 2.22. The van der Waals surface area contributed by atoms with E-state index in [0.29, 0.717) is 5.76 Å². The summed E-state index contributed by atoms with van der Waals surface area (Å²) in [4.78, 5) is 11.7. The van der Waals surface area contributed by atoms with Crippen LogP contribution < -0.4 is 10.5 Å². The fourth-order valence-electron chi connectivity index (χ4n) is 1.56. The van der Waals surface area contributed by atoms with Gasteiger partial charge >= 0.3 is 0 Å². The number of anilines is 1. The van der Waals surface area contributed by atoms with Gasteiger partial charge in [-0.15, -0.1) is 0 Å². The third-order valence-electron chi connectivity index (χ3n) is 2.41. The van der Waals surface area contributed by atoms with Crippen LogP contribution in [0.2, 0.25) is 0 Å². The molecule has 21 heavy (non-hydrogen) atoms. The highest BCUT2D eigenvalue weighted by Gasteiger charge is 2.22. The molecule has 0 aliphatic carbocycles. The van der Waals surface area contributed by atoms with E-state index in [1.165, 1.54) is 31.1 Å². The summed E-state index contributed by atoms with van der Waals surface area (Å²) < 4.78 is 33.7. The Morgan fingerprint density at radius 3 is 2.90 bits per heavy atom. The minimum Gasteiger partial charge on any atom is -0.377 e. The topological polar surface area (TPSA) is 142 Å². The smallest absolute Gasteiger partial charge is 0.279 e. The van der Waals surface area contributed by atoms with Crippen molar-refractivity contribution >= 4 is 21.7 Å². The average molecular weight is 315 g/mol. The second-order valence-corrected chi connectivity index (χ2v) is 5.66. The van der Waals surface area contributed by atoms with E-state index in [2.05, 4.69) is 15.6 Å². The molecule has 0 aromatic carbocycles. The molecule has 1 amide bonds. The van der Waals surface area contributed by atoms with Gasteiger partial charge in [0.15, 0.2) is 17.3 Å². The van der Waals surface area contributed by atoms with Crippen LogP contribution in [0.15, 0.2) is 21.7 Å². The Labute approximate surface area is 119 Å². The molecule has 0 radical (unpaired) electrons. The number of amides is 1. The summed E-state index contributed by atoms with van der Waals surface area (Å²) in [5, 5.41) is 14.7. The van der Waals surface area contributed by atoms with Gasteiger partial charge in [-0.3, -0.25) is 9.48 Å². The molecule has 2 aromatic heterocycles. The minimum atomic E-state index is -4.01. The number of nitrogens with two attached hydrogens (primary N) is 1. The van der Waals surface area contributed by atoms with Crippen molar-refractivity contribution in [1.29, 1.82) is 0 Å². The Morgan fingerprint density at radius 1 is 1.57 bits per heavy atom. The Hall–Kier alpha value is -2.24. The van der Waals surface area contributed by atoms with Gasteiger partial charge in [0.1, 0.15) is 11.5 Å². The first-order chi connectivity index (χ1) is 9.81. The molecule has 0 aliphatic rings. The summed E-state index contributed by atoms with van der Waals surface area (Å²) >= 11 is 0. The van der Waals surface area contributed by atoms with Crippen LogP contribution in [0.3, 0.4) is 0 Å². The standard InChI is InChI=1S/C10H13N5O5S/c1-15-4-8(21(11,17)18)9(13-15)12-10(16)7-3-6(5-19-2)20-14-7/h3-4H,5H2,1-2H3,(H2,11,17,18)(H,12,13,16). The zero-order valence-electron chi connectivity index (χ0n) is 11.2. The normalized spacial score (nSPS) is 11.6. The van der Waals surface area contributed by atoms with Gasteiger partial charge in [-0.1, -0.05) is 5.16 Å². The SMILES string of the molecule is COCc1cc(C(=O)Nc2nn(C)cc2S(N)(=O)=O)no1. The predicted octanol–water partition coefficient (Wildman–Crippen LogP) is -0.546. The number of ether oxygens (including phenoxy) is 1. The van der Waals surface area contributed by atoms with E-state index in [1.54, 1.807) is 0 Å². The zero-order chi connectivity index (χ0) is 15.6. The van der Waals surface area contributed by atoms with Crippen molar-refractivity contribution in [3.8, 4) is 0 Å². The minimum absolute atomic E-state index is 0.0342. The molecule has 0 unspecified atom stereocenters. The Kier molecular flexibility index (Phi) is 4.06. The van der Waals surface area contributed by atoms with Crippen LogP contribution >= 0.6 is 0 Å². The van der Waals surface area contributed by atoms with Crippen LogP contribution in [0.5, 0.6) is 0 Å². The lowest BCUT2D eigenvalue weighted by Crippen LogP contribution is -2.18. The van der Waals surface area contributed by atoms with Crippen molar-refractivity contribution in [1.82, 2.24) is 14.9 Å². The van der Waals surface area contributed by atoms with Crippen molar-refractivity contribution in [3.05, 3.63) is 23.7 Å². The van der Waals surface area contributed by atoms with Gasteiger partial charge in [-0.25, -0.2) is 13.6 Å². The Morgan fingerprint density at radius 2 is 2.29 bits per heavy atom. The van der Waals surface area contributed by atoms with Gasteiger partial charge in [0, 0.05) is 26.4 Å². The number of hydrogen-bond acceptors (Lipinski definition) is 7. The number of sulfonamides is 1. The molecule has 2 rings (SSSR count). The number of hydrogen-bond donors (Lipinski definition) is 2. The highest BCUT2D eigenvalue weighted by atomic mass is 32.2. The molecular weight excluding hydrogens is 302 g/mol. The van der Waals surface area contributed by atoms with Gasteiger partial charge in [-0.05, 0) is 0 Å². The summed E-state index contributed by atoms with van der Waals surface area (Å²) in [6.07, 6.45) is 1.18. The second kappa shape index (κ2) is 5.63. The predicted molar refractivity (Wildman–Crippen MR) is 69.8 cm³/mol. The molecule has 0 atom stereocenters. The maximum atomic E-state index is 12.0. The number of methoxy groups -OCH3 is 1. The maximum Gasteiger partial charge on any atom is 0.279 e. The lowest BCUT2D eigenvalue weighted by Gasteiger charge is -2.00. The first-order valence-electron chi connectivity index (χ1n) is 5.63. The molecule has 2 aromatic rings. The largest absolute Gasteiger partial charge is 0.377 e. The highest BCUT2D eigenvalue weighted by Crippen LogP contribution is 2.18. The molecule has 3 N–H and O–H groups in total. The van der Waals surface area contributed by atoms with Crippen LogP contribution in [0.1, 0.15) is 16.2 Å².